The first-order valence-corrected chi connectivity index (χ1v) is 7.93. The number of nitrogens with one attached hydrogen (secondary N) is 1. The number of nitrogens with zero attached hydrogens (tertiary/aromatic N) is 1. The molecule has 0 aliphatic rings. The van der Waals surface area contributed by atoms with Crippen molar-refractivity contribution in [3.63, 3.8) is 0 Å². The molecule has 6 heteroatoms. The Bertz CT molecular complexity index is 960. The highest BCUT2D eigenvalue weighted by Gasteiger charge is 2.12. The number of hydrogen-bond acceptors (Lipinski definition) is 4. The topological polar surface area (TPSA) is 69.6 Å². The molecule has 0 radical (unpaired) electrons. The number of rotatable bonds is 5. The maximum absolute atomic E-state index is 12.5. The van der Waals surface area contributed by atoms with E-state index in [1.54, 1.807) is 49.2 Å². The van der Waals surface area contributed by atoms with E-state index in [2.05, 4.69) is 5.32 Å². The van der Waals surface area contributed by atoms with Crippen molar-refractivity contribution in [1.82, 2.24) is 4.57 Å². The fourth-order valence-electron chi connectivity index (χ4n) is 2.44. The molecular weight excluding hydrogens is 332 g/mol. The van der Waals surface area contributed by atoms with Crippen LogP contribution in [-0.2, 0) is 0 Å². The van der Waals surface area contributed by atoms with E-state index >= 15 is 0 Å². The number of benzene rings is 2. The standard InChI is InChI=1S/C20H18N2O4/c1-25-16-7-3-14(4-8-16)21-20(24)18-13-22(12-11-19(18)23)15-5-9-17(26-2)10-6-15/h3-13H,1-2H3,(H,21,24). The second kappa shape index (κ2) is 7.57. The molecule has 0 aliphatic carbocycles. The quantitative estimate of drug-likeness (QED) is 0.768. The summed E-state index contributed by atoms with van der Waals surface area (Å²) in [6, 6.07) is 15.6. The van der Waals surface area contributed by atoms with Crippen molar-refractivity contribution in [2.24, 2.45) is 0 Å². The summed E-state index contributed by atoms with van der Waals surface area (Å²) in [7, 11) is 3.16. The highest BCUT2D eigenvalue weighted by atomic mass is 16.5. The van der Waals surface area contributed by atoms with Crippen molar-refractivity contribution < 1.29 is 14.3 Å². The average Bonchev–Trinajstić information content (AvgIpc) is 2.69. The molecule has 0 atom stereocenters. The van der Waals surface area contributed by atoms with Crippen molar-refractivity contribution in [3.05, 3.63) is 82.8 Å². The summed E-state index contributed by atoms with van der Waals surface area (Å²) in [5, 5.41) is 2.72. The van der Waals surface area contributed by atoms with Crippen LogP contribution in [0, 0.1) is 0 Å². The van der Waals surface area contributed by atoms with Gasteiger partial charge in [-0.3, -0.25) is 9.59 Å². The number of amides is 1. The van der Waals surface area contributed by atoms with E-state index in [9.17, 15) is 9.59 Å². The minimum absolute atomic E-state index is 0.0548. The van der Waals surface area contributed by atoms with Crippen molar-refractivity contribution in [1.29, 1.82) is 0 Å². The fourth-order valence-corrected chi connectivity index (χ4v) is 2.44. The summed E-state index contributed by atoms with van der Waals surface area (Å²) >= 11 is 0. The summed E-state index contributed by atoms with van der Waals surface area (Å²) in [5.41, 5.74) is 1.10. The molecule has 0 spiro atoms. The summed E-state index contributed by atoms with van der Waals surface area (Å²) in [6.45, 7) is 0. The summed E-state index contributed by atoms with van der Waals surface area (Å²) in [4.78, 5) is 24.6. The van der Waals surface area contributed by atoms with E-state index in [1.807, 2.05) is 24.3 Å². The second-order valence-electron chi connectivity index (χ2n) is 5.51. The lowest BCUT2D eigenvalue weighted by Gasteiger charge is -2.10. The maximum atomic E-state index is 12.5. The highest BCUT2D eigenvalue weighted by Crippen LogP contribution is 2.17. The zero-order valence-electron chi connectivity index (χ0n) is 14.4. The van der Waals surface area contributed by atoms with Crippen LogP contribution in [0.5, 0.6) is 11.5 Å². The van der Waals surface area contributed by atoms with Crippen LogP contribution in [0.4, 0.5) is 5.69 Å². The van der Waals surface area contributed by atoms with Crippen molar-refractivity contribution in [2.45, 2.75) is 0 Å². The average molecular weight is 350 g/mol. The molecule has 0 bridgehead atoms. The first kappa shape index (κ1) is 17.3. The predicted molar refractivity (Wildman–Crippen MR) is 99.5 cm³/mol. The van der Waals surface area contributed by atoms with Crippen molar-refractivity contribution >= 4 is 11.6 Å². The Kier molecular flexibility index (Phi) is 5.03. The van der Waals surface area contributed by atoms with Crippen LogP contribution in [0.1, 0.15) is 10.4 Å². The van der Waals surface area contributed by atoms with Gasteiger partial charge in [0.1, 0.15) is 17.1 Å². The third-order valence-electron chi connectivity index (χ3n) is 3.88. The number of ether oxygens (including phenoxy) is 2. The second-order valence-corrected chi connectivity index (χ2v) is 5.51. The third-order valence-corrected chi connectivity index (χ3v) is 3.88. The zero-order valence-corrected chi connectivity index (χ0v) is 14.4. The molecule has 0 aliphatic heterocycles. The normalized spacial score (nSPS) is 10.2. The Hall–Kier alpha value is -3.54. The molecule has 6 nitrogen and oxygen atoms in total. The van der Waals surface area contributed by atoms with E-state index in [4.69, 9.17) is 9.47 Å². The Morgan fingerprint density at radius 3 is 2.04 bits per heavy atom. The molecule has 1 aromatic heterocycles. The van der Waals surface area contributed by atoms with Gasteiger partial charge in [0, 0.05) is 29.8 Å². The van der Waals surface area contributed by atoms with E-state index < -0.39 is 5.91 Å². The van der Waals surface area contributed by atoms with Gasteiger partial charge in [-0.05, 0) is 48.5 Å². The molecule has 1 amide bonds. The van der Waals surface area contributed by atoms with Crippen LogP contribution in [0.15, 0.2) is 71.8 Å². The molecular formula is C20H18N2O4. The molecule has 0 unspecified atom stereocenters. The lowest BCUT2D eigenvalue weighted by Crippen LogP contribution is -2.22. The van der Waals surface area contributed by atoms with Gasteiger partial charge in [0.15, 0.2) is 5.43 Å². The van der Waals surface area contributed by atoms with Gasteiger partial charge in [0.05, 0.1) is 14.2 Å². The van der Waals surface area contributed by atoms with E-state index in [-0.39, 0.29) is 11.0 Å². The largest absolute Gasteiger partial charge is 0.497 e. The number of aromatic nitrogens is 1. The summed E-state index contributed by atoms with van der Waals surface area (Å²) in [6.07, 6.45) is 3.14. The van der Waals surface area contributed by atoms with Crippen molar-refractivity contribution in [2.75, 3.05) is 19.5 Å². The molecule has 3 rings (SSSR count). The predicted octanol–water partition coefficient (Wildman–Crippen LogP) is 3.11. The lowest BCUT2D eigenvalue weighted by atomic mass is 10.2. The first-order chi connectivity index (χ1) is 12.6. The summed E-state index contributed by atoms with van der Waals surface area (Å²) in [5.74, 6) is 0.944. The molecule has 0 saturated heterocycles. The molecule has 26 heavy (non-hydrogen) atoms. The number of anilines is 1. The van der Waals surface area contributed by atoms with E-state index in [0.29, 0.717) is 11.4 Å². The van der Waals surface area contributed by atoms with Gasteiger partial charge in [-0.1, -0.05) is 0 Å². The SMILES string of the molecule is COc1ccc(NC(=O)c2cn(-c3ccc(OC)cc3)ccc2=O)cc1. The van der Waals surface area contributed by atoms with Crippen LogP contribution < -0.4 is 20.2 Å². The molecule has 0 saturated carbocycles. The van der Waals surface area contributed by atoms with E-state index in [0.717, 1.165) is 11.4 Å². The third kappa shape index (κ3) is 3.75. The van der Waals surface area contributed by atoms with Crippen LogP contribution in [-0.4, -0.2) is 24.7 Å². The van der Waals surface area contributed by atoms with Gasteiger partial charge in [0.25, 0.3) is 5.91 Å². The van der Waals surface area contributed by atoms with Gasteiger partial charge < -0.3 is 19.4 Å². The van der Waals surface area contributed by atoms with Gasteiger partial charge in [0.2, 0.25) is 0 Å². The molecule has 1 N–H and O–H groups in total. The Balaban J connectivity index is 1.86. The minimum Gasteiger partial charge on any atom is -0.497 e. The smallest absolute Gasteiger partial charge is 0.261 e. The maximum Gasteiger partial charge on any atom is 0.261 e. The Morgan fingerprint density at radius 1 is 0.885 bits per heavy atom. The van der Waals surface area contributed by atoms with Crippen LogP contribution >= 0.6 is 0 Å². The van der Waals surface area contributed by atoms with Crippen LogP contribution in [0.3, 0.4) is 0 Å². The number of hydrogen-bond donors (Lipinski definition) is 1. The molecule has 3 aromatic rings. The Labute approximate surface area is 150 Å². The van der Waals surface area contributed by atoms with E-state index in [1.165, 1.54) is 12.3 Å². The minimum atomic E-state index is -0.469. The lowest BCUT2D eigenvalue weighted by molar-refractivity contribution is 0.102. The number of methoxy groups -OCH3 is 2. The summed E-state index contributed by atoms with van der Waals surface area (Å²) < 4.78 is 11.9. The fraction of sp³-hybridized carbons (Fsp3) is 0.100. The molecule has 1 heterocycles. The number of carbonyl (C=O) groups is 1. The molecule has 0 fully saturated rings. The Morgan fingerprint density at radius 2 is 1.46 bits per heavy atom. The molecule has 132 valence electrons. The first-order valence-electron chi connectivity index (χ1n) is 7.93. The molecule has 2 aromatic carbocycles. The zero-order chi connectivity index (χ0) is 18.5. The van der Waals surface area contributed by atoms with Gasteiger partial charge in [-0.2, -0.15) is 0 Å². The highest BCUT2D eigenvalue weighted by molar-refractivity contribution is 6.04. The van der Waals surface area contributed by atoms with Crippen molar-refractivity contribution in [3.8, 4) is 17.2 Å². The van der Waals surface area contributed by atoms with Gasteiger partial charge in [-0.15, -0.1) is 0 Å². The van der Waals surface area contributed by atoms with Gasteiger partial charge in [-0.25, -0.2) is 0 Å². The number of pyridine rings is 1. The van der Waals surface area contributed by atoms with Gasteiger partial charge >= 0.3 is 0 Å². The van der Waals surface area contributed by atoms with Crippen LogP contribution in [0.2, 0.25) is 0 Å². The van der Waals surface area contributed by atoms with Crippen LogP contribution in [0.25, 0.3) is 5.69 Å². The monoisotopic (exact) mass is 350 g/mol. The number of carbonyl (C=O) groups excluding carboxylic acids is 1.